The van der Waals surface area contributed by atoms with Gasteiger partial charge in [-0.05, 0) is 24.5 Å². The Hall–Kier alpha value is -2.22. The molecule has 1 aliphatic carbocycles. The van der Waals surface area contributed by atoms with Crippen molar-refractivity contribution in [2.75, 3.05) is 6.54 Å². The molecule has 0 aliphatic heterocycles. The Morgan fingerprint density at radius 3 is 2.48 bits per heavy atom. The molecule has 0 heterocycles. The standard InChI is InChI=1S/C19H19FN2O/c20-17-9-5-4-8-16(17)18(23)12-22-15-10-19(11-15,13-21)14-6-2-1-3-7-14/h1-9,15,18,22-23H,10-12H2. The highest BCUT2D eigenvalue weighted by atomic mass is 19.1. The smallest absolute Gasteiger partial charge is 0.129 e. The van der Waals surface area contributed by atoms with Crippen molar-refractivity contribution in [3.8, 4) is 6.07 Å². The van der Waals surface area contributed by atoms with E-state index < -0.39 is 17.3 Å². The van der Waals surface area contributed by atoms with Gasteiger partial charge >= 0.3 is 0 Å². The highest BCUT2D eigenvalue weighted by molar-refractivity contribution is 5.37. The number of aliphatic hydroxyl groups is 1. The van der Waals surface area contributed by atoms with Gasteiger partial charge in [0, 0.05) is 18.2 Å². The minimum absolute atomic E-state index is 0.163. The second-order valence-corrected chi connectivity index (χ2v) is 6.11. The van der Waals surface area contributed by atoms with Gasteiger partial charge in [0.2, 0.25) is 0 Å². The molecule has 4 heteroatoms. The zero-order valence-electron chi connectivity index (χ0n) is 12.7. The van der Waals surface area contributed by atoms with Crippen molar-refractivity contribution < 1.29 is 9.50 Å². The number of nitrogens with one attached hydrogen (secondary N) is 1. The van der Waals surface area contributed by atoms with Crippen molar-refractivity contribution >= 4 is 0 Å². The molecule has 0 amide bonds. The number of aliphatic hydroxyl groups excluding tert-OH is 1. The van der Waals surface area contributed by atoms with Crippen LogP contribution in [0.25, 0.3) is 0 Å². The van der Waals surface area contributed by atoms with E-state index in [9.17, 15) is 14.8 Å². The maximum Gasteiger partial charge on any atom is 0.129 e. The zero-order chi connectivity index (χ0) is 16.3. The summed E-state index contributed by atoms with van der Waals surface area (Å²) in [6, 6.07) is 18.6. The van der Waals surface area contributed by atoms with E-state index in [1.165, 1.54) is 6.07 Å². The minimum Gasteiger partial charge on any atom is -0.387 e. The molecule has 23 heavy (non-hydrogen) atoms. The first-order valence-electron chi connectivity index (χ1n) is 7.77. The fraction of sp³-hybridized carbons (Fsp3) is 0.316. The molecular weight excluding hydrogens is 291 g/mol. The van der Waals surface area contributed by atoms with Gasteiger partial charge < -0.3 is 10.4 Å². The molecule has 2 N–H and O–H groups in total. The predicted molar refractivity (Wildman–Crippen MR) is 86.1 cm³/mol. The summed E-state index contributed by atoms with van der Waals surface area (Å²) in [5, 5.41) is 22.9. The van der Waals surface area contributed by atoms with Gasteiger partial charge in [-0.1, -0.05) is 48.5 Å². The number of nitriles is 1. The molecule has 0 bridgehead atoms. The van der Waals surface area contributed by atoms with Gasteiger partial charge in [0.1, 0.15) is 5.82 Å². The van der Waals surface area contributed by atoms with Crippen molar-refractivity contribution in [1.29, 1.82) is 5.26 Å². The molecule has 0 spiro atoms. The Morgan fingerprint density at radius 2 is 1.83 bits per heavy atom. The molecule has 0 aromatic heterocycles. The van der Waals surface area contributed by atoms with Crippen LogP contribution in [0.15, 0.2) is 54.6 Å². The second-order valence-electron chi connectivity index (χ2n) is 6.11. The lowest BCUT2D eigenvalue weighted by Gasteiger charge is -2.43. The zero-order valence-corrected chi connectivity index (χ0v) is 12.7. The lowest BCUT2D eigenvalue weighted by atomic mass is 9.62. The number of halogens is 1. The molecule has 3 nitrogen and oxygen atoms in total. The lowest BCUT2D eigenvalue weighted by Crippen LogP contribution is -2.51. The molecule has 0 radical (unpaired) electrons. The quantitative estimate of drug-likeness (QED) is 0.892. The Balaban J connectivity index is 1.56. The monoisotopic (exact) mass is 310 g/mol. The van der Waals surface area contributed by atoms with Crippen molar-refractivity contribution in [3.05, 3.63) is 71.5 Å². The maximum absolute atomic E-state index is 13.6. The molecule has 2 aromatic rings. The molecular formula is C19H19FN2O. The first kappa shape index (κ1) is 15.7. The van der Waals surface area contributed by atoms with Crippen molar-refractivity contribution in [2.24, 2.45) is 0 Å². The number of rotatable bonds is 5. The lowest BCUT2D eigenvalue weighted by molar-refractivity contribution is 0.143. The molecule has 1 saturated carbocycles. The molecule has 118 valence electrons. The summed E-state index contributed by atoms with van der Waals surface area (Å²) in [6.45, 7) is 0.280. The topological polar surface area (TPSA) is 56.0 Å². The normalized spacial score (nSPS) is 24.5. The summed E-state index contributed by atoms with van der Waals surface area (Å²) < 4.78 is 13.6. The van der Waals surface area contributed by atoms with E-state index in [1.54, 1.807) is 18.2 Å². The first-order chi connectivity index (χ1) is 11.1. The minimum atomic E-state index is -0.884. The number of benzene rings is 2. The van der Waals surface area contributed by atoms with Crippen LogP contribution in [0.5, 0.6) is 0 Å². The van der Waals surface area contributed by atoms with Crippen LogP contribution in [-0.2, 0) is 5.41 Å². The summed E-state index contributed by atoms with van der Waals surface area (Å²) in [5.41, 5.74) is 0.895. The van der Waals surface area contributed by atoms with Crippen LogP contribution >= 0.6 is 0 Å². The average molecular weight is 310 g/mol. The van der Waals surface area contributed by atoms with Crippen LogP contribution in [-0.4, -0.2) is 17.7 Å². The van der Waals surface area contributed by atoms with E-state index >= 15 is 0 Å². The van der Waals surface area contributed by atoms with Crippen molar-refractivity contribution in [3.63, 3.8) is 0 Å². The summed E-state index contributed by atoms with van der Waals surface area (Å²) in [7, 11) is 0. The third-order valence-electron chi connectivity index (χ3n) is 4.59. The summed E-state index contributed by atoms with van der Waals surface area (Å²) in [4.78, 5) is 0. The number of hydrogen-bond donors (Lipinski definition) is 2. The third-order valence-corrected chi connectivity index (χ3v) is 4.59. The van der Waals surface area contributed by atoms with Gasteiger partial charge in [-0.25, -0.2) is 4.39 Å². The SMILES string of the molecule is N#CC1(c2ccccc2)CC(NCC(O)c2ccccc2F)C1. The first-order valence-corrected chi connectivity index (χ1v) is 7.77. The van der Waals surface area contributed by atoms with Gasteiger partial charge in [-0.3, -0.25) is 0 Å². The van der Waals surface area contributed by atoms with E-state index in [-0.39, 0.29) is 12.6 Å². The van der Waals surface area contributed by atoms with Crippen LogP contribution in [0.3, 0.4) is 0 Å². The molecule has 1 atom stereocenters. The van der Waals surface area contributed by atoms with E-state index in [0.717, 1.165) is 5.56 Å². The fourth-order valence-electron chi connectivity index (χ4n) is 3.21. The molecule has 1 aliphatic rings. The largest absolute Gasteiger partial charge is 0.387 e. The Kier molecular flexibility index (Phi) is 4.42. The van der Waals surface area contributed by atoms with Crippen molar-refractivity contribution in [1.82, 2.24) is 5.32 Å². The summed E-state index contributed by atoms with van der Waals surface area (Å²) in [5.74, 6) is -0.397. The summed E-state index contributed by atoms with van der Waals surface area (Å²) in [6.07, 6.45) is 0.527. The number of nitrogens with zero attached hydrogens (tertiary/aromatic N) is 1. The molecule has 1 unspecified atom stereocenters. The highest BCUT2D eigenvalue weighted by Gasteiger charge is 2.45. The van der Waals surface area contributed by atoms with Gasteiger partial charge in [0.05, 0.1) is 17.6 Å². The molecule has 0 saturated heterocycles. The maximum atomic E-state index is 13.6. The third kappa shape index (κ3) is 3.12. The van der Waals surface area contributed by atoms with Gasteiger partial charge in [-0.2, -0.15) is 5.26 Å². The Morgan fingerprint density at radius 1 is 1.17 bits per heavy atom. The van der Waals surface area contributed by atoms with E-state index in [1.807, 2.05) is 30.3 Å². The predicted octanol–water partition coefficient (Wildman–Crippen LogP) is 3.07. The van der Waals surface area contributed by atoms with Crippen LogP contribution in [0.2, 0.25) is 0 Å². The second kappa shape index (κ2) is 6.49. The number of hydrogen-bond acceptors (Lipinski definition) is 3. The Bertz CT molecular complexity index is 705. The van der Waals surface area contributed by atoms with Crippen LogP contribution in [0.4, 0.5) is 4.39 Å². The molecule has 1 fully saturated rings. The van der Waals surface area contributed by atoms with Crippen molar-refractivity contribution in [2.45, 2.75) is 30.4 Å². The Labute approximate surface area is 135 Å². The summed E-state index contributed by atoms with van der Waals surface area (Å²) >= 11 is 0. The molecule has 3 rings (SSSR count). The van der Waals surface area contributed by atoms with E-state index in [2.05, 4.69) is 11.4 Å². The van der Waals surface area contributed by atoms with Gasteiger partial charge in [0.15, 0.2) is 0 Å². The highest BCUT2D eigenvalue weighted by Crippen LogP contribution is 2.43. The van der Waals surface area contributed by atoms with Gasteiger partial charge in [-0.15, -0.1) is 0 Å². The van der Waals surface area contributed by atoms with E-state index in [0.29, 0.717) is 18.4 Å². The van der Waals surface area contributed by atoms with E-state index in [4.69, 9.17) is 0 Å². The van der Waals surface area contributed by atoms with Crippen LogP contribution < -0.4 is 5.32 Å². The van der Waals surface area contributed by atoms with Crippen LogP contribution in [0.1, 0.15) is 30.1 Å². The molecule has 2 aromatic carbocycles. The average Bonchev–Trinajstić information content (AvgIpc) is 2.55. The van der Waals surface area contributed by atoms with Gasteiger partial charge in [0.25, 0.3) is 0 Å². The van der Waals surface area contributed by atoms with Crippen LogP contribution in [0, 0.1) is 17.1 Å². The fourth-order valence-corrected chi connectivity index (χ4v) is 3.21.